The Morgan fingerprint density at radius 2 is 1.71 bits per heavy atom. The number of piperidine rings is 1. The number of halogens is 5. The van der Waals surface area contributed by atoms with Crippen molar-refractivity contribution in [3.63, 3.8) is 0 Å². The highest BCUT2D eigenvalue weighted by Crippen LogP contribution is 2.43. The Bertz CT molecular complexity index is 1530. The van der Waals surface area contributed by atoms with Gasteiger partial charge in [-0.3, -0.25) is 9.69 Å². The Morgan fingerprint density at radius 3 is 2.36 bits per heavy atom. The van der Waals surface area contributed by atoms with E-state index in [1.54, 1.807) is 4.90 Å². The first-order chi connectivity index (χ1) is 20.1. The van der Waals surface area contributed by atoms with Gasteiger partial charge in [-0.1, -0.05) is 24.2 Å². The number of piperazine rings is 1. The highest BCUT2D eigenvalue weighted by atomic mass is 35.5. The lowest BCUT2D eigenvalue weighted by atomic mass is 10.00. The van der Waals surface area contributed by atoms with Gasteiger partial charge in [0.1, 0.15) is 22.9 Å². The van der Waals surface area contributed by atoms with Crippen LogP contribution in [0.5, 0.6) is 5.75 Å². The van der Waals surface area contributed by atoms with E-state index in [4.69, 9.17) is 16.6 Å². The van der Waals surface area contributed by atoms with Crippen LogP contribution in [-0.2, 0) is 4.79 Å². The first-order valence-corrected chi connectivity index (χ1v) is 14.1. The summed E-state index contributed by atoms with van der Waals surface area (Å²) in [5.74, 6) is -4.39. The number of fused-ring (bicyclic) bond motifs is 1. The lowest BCUT2D eigenvalue weighted by molar-refractivity contribution is -0.126. The minimum absolute atomic E-state index is 0.0401. The Kier molecular flexibility index (Phi) is 7.38. The van der Waals surface area contributed by atoms with Gasteiger partial charge in [0.25, 0.3) is 5.92 Å². The maximum atomic E-state index is 16.3. The lowest BCUT2D eigenvalue weighted by Gasteiger charge is -2.47. The third kappa shape index (κ3) is 5.11. The van der Waals surface area contributed by atoms with Gasteiger partial charge in [0, 0.05) is 82.2 Å². The number of carbonyl (C=O) groups is 1. The third-order valence-corrected chi connectivity index (χ3v) is 8.65. The molecule has 0 saturated carbocycles. The number of alkyl halides is 2. The van der Waals surface area contributed by atoms with E-state index >= 15 is 4.39 Å². The molecule has 0 bridgehead atoms. The molecule has 8 nitrogen and oxygen atoms in total. The molecule has 0 spiro atoms. The zero-order chi connectivity index (χ0) is 29.8. The molecule has 3 aliphatic rings. The summed E-state index contributed by atoms with van der Waals surface area (Å²) < 4.78 is 58.4. The molecule has 4 heterocycles. The van der Waals surface area contributed by atoms with Crippen molar-refractivity contribution in [3.8, 4) is 16.9 Å². The smallest absolute Gasteiger partial charge is 0.250 e. The second-order valence-electron chi connectivity index (χ2n) is 10.9. The van der Waals surface area contributed by atoms with Gasteiger partial charge in [-0.2, -0.15) is 4.98 Å². The number of rotatable bonds is 5. The molecule has 0 radical (unpaired) electrons. The standard InChI is InChI=1S/C29H29ClF4N6O2/c1-2-22(42)38-10-12-39(13-11-38)27-18-14-19(30)23(24-20(31)4-3-5-21(24)41)25(32)26(18)35-28(36-27)40-15-17(16-40)37-8-6-29(33,34)7-9-37/h2-5,14,17,41H,1,6-13,15-16H2. The summed E-state index contributed by atoms with van der Waals surface area (Å²) in [6, 6.07) is 5.16. The molecule has 13 heteroatoms. The van der Waals surface area contributed by atoms with Crippen molar-refractivity contribution < 1.29 is 27.5 Å². The molecule has 1 aromatic heterocycles. The highest BCUT2D eigenvalue weighted by molar-refractivity contribution is 6.34. The van der Waals surface area contributed by atoms with Crippen LogP contribution in [0.15, 0.2) is 36.9 Å². The molecule has 0 unspecified atom stereocenters. The molecular formula is C29H29ClF4N6O2. The fraction of sp³-hybridized carbons (Fsp3) is 0.414. The highest BCUT2D eigenvalue weighted by Gasteiger charge is 2.41. The maximum Gasteiger partial charge on any atom is 0.250 e. The summed E-state index contributed by atoms with van der Waals surface area (Å²) in [7, 11) is 0. The van der Waals surface area contributed by atoms with Crippen molar-refractivity contribution in [2.45, 2.75) is 24.8 Å². The normalized spacial score (nSPS) is 19.7. The molecule has 1 amide bonds. The van der Waals surface area contributed by atoms with Gasteiger partial charge in [-0.25, -0.2) is 22.5 Å². The number of benzene rings is 2. The second-order valence-corrected chi connectivity index (χ2v) is 11.3. The molecule has 6 rings (SSSR count). The number of amides is 1. The summed E-state index contributed by atoms with van der Waals surface area (Å²) in [6.07, 6.45) is 0.891. The van der Waals surface area contributed by atoms with Gasteiger partial charge >= 0.3 is 0 Å². The number of aromatic hydroxyl groups is 1. The summed E-state index contributed by atoms with van der Waals surface area (Å²) in [5, 5.41) is 10.6. The van der Waals surface area contributed by atoms with Crippen LogP contribution < -0.4 is 9.80 Å². The van der Waals surface area contributed by atoms with E-state index in [-0.39, 0.29) is 52.4 Å². The average molecular weight is 605 g/mol. The zero-order valence-electron chi connectivity index (χ0n) is 22.7. The van der Waals surface area contributed by atoms with E-state index in [1.807, 2.05) is 14.7 Å². The van der Waals surface area contributed by atoms with Crippen LogP contribution >= 0.6 is 11.6 Å². The number of likely N-dealkylation sites (tertiary alicyclic amines) is 1. The number of carbonyl (C=O) groups excluding carboxylic acids is 1. The van der Waals surface area contributed by atoms with Crippen molar-refractivity contribution >= 4 is 40.2 Å². The lowest BCUT2D eigenvalue weighted by Crippen LogP contribution is -2.62. The molecule has 0 atom stereocenters. The van der Waals surface area contributed by atoms with E-state index in [1.165, 1.54) is 24.3 Å². The molecule has 3 saturated heterocycles. The van der Waals surface area contributed by atoms with Gasteiger partial charge in [0.15, 0.2) is 5.82 Å². The van der Waals surface area contributed by atoms with Crippen LogP contribution in [0.25, 0.3) is 22.0 Å². The van der Waals surface area contributed by atoms with Crippen molar-refractivity contribution in [1.29, 1.82) is 0 Å². The number of nitrogens with zero attached hydrogens (tertiary/aromatic N) is 6. The topological polar surface area (TPSA) is 76.0 Å². The Morgan fingerprint density at radius 1 is 1.02 bits per heavy atom. The van der Waals surface area contributed by atoms with E-state index < -0.39 is 23.3 Å². The summed E-state index contributed by atoms with van der Waals surface area (Å²) in [4.78, 5) is 28.9. The largest absolute Gasteiger partial charge is 0.507 e. The Labute approximate surface area is 244 Å². The number of anilines is 2. The average Bonchev–Trinajstić information content (AvgIpc) is 2.94. The number of hydrogen-bond acceptors (Lipinski definition) is 7. The molecule has 3 fully saturated rings. The van der Waals surface area contributed by atoms with Crippen molar-refractivity contribution in [2.24, 2.45) is 0 Å². The molecule has 3 aliphatic heterocycles. The second kappa shape index (κ2) is 10.9. The van der Waals surface area contributed by atoms with Gasteiger partial charge < -0.3 is 19.8 Å². The van der Waals surface area contributed by atoms with Crippen LogP contribution in [0.2, 0.25) is 5.02 Å². The van der Waals surface area contributed by atoms with E-state index in [0.717, 1.165) is 6.07 Å². The quantitative estimate of drug-likeness (QED) is 0.335. The first kappa shape index (κ1) is 28.5. The molecule has 1 N–H and O–H groups in total. The predicted molar refractivity (Wildman–Crippen MR) is 152 cm³/mol. The monoisotopic (exact) mass is 604 g/mol. The minimum atomic E-state index is -2.64. The van der Waals surface area contributed by atoms with Gasteiger partial charge in [0.2, 0.25) is 11.9 Å². The van der Waals surface area contributed by atoms with Crippen molar-refractivity contribution in [1.82, 2.24) is 19.8 Å². The van der Waals surface area contributed by atoms with Gasteiger partial charge in [-0.05, 0) is 24.3 Å². The minimum Gasteiger partial charge on any atom is -0.507 e. The van der Waals surface area contributed by atoms with Crippen molar-refractivity contribution in [3.05, 3.63) is 53.6 Å². The molecule has 42 heavy (non-hydrogen) atoms. The molecular weight excluding hydrogens is 576 g/mol. The van der Waals surface area contributed by atoms with Crippen LogP contribution in [-0.4, -0.2) is 95.1 Å². The van der Waals surface area contributed by atoms with E-state index in [0.29, 0.717) is 63.6 Å². The molecule has 222 valence electrons. The van der Waals surface area contributed by atoms with Crippen LogP contribution in [0.4, 0.5) is 29.3 Å². The van der Waals surface area contributed by atoms with Crippen LogP contribution in [0, 0.1) is 11.6 Å². The van der Waals surface area contributed by atoms with Gasteiger partial charge in [-0.15, -0.1) is 0 Å². The van der Waals surface area contributed by atoms with Gasteiger partial charge in [0.05, 0.1) is 10.6 Å². The van der Waals surface area contributed by atoms with Crippen LogP contribution in [0.3, 0.4) is 0 Å². The number of phenolic OH excluding ortho intramolecular Hbond substituents is 1. The first-order valence-electron chi connectivity index (χ1n) is 13.8. The third-order valence-electron chi connectivity index (χ3n) is 8.35. The molecule has 3 aromatic rings. The van der Waals surface area contributed by atoms with E-state index in [2.05, 4.69) is 11.6 Å². The summed E-state index contributed by atoms with van der Waals surface area (Å²) in [5.41, 5.74) is -0.777. The van der Waals surface area contributed by atoms with E-state index in [9.17, 15) is 23.1 Å². The zero-order valence-corrected chi connectivity index (χ0v) is 23.4. The summed E-state index contributed by atoms with van der Waals surface area (Å²) >= 11 is 6.52. The maximum absolute atomic E-state index is 16.3. The molecule has 0 aliphatic carbocycles. The van der Waals surface area contributed by atoms with Crippen LogP contribution in [0.1, 0.15) is 12.8 Å². The summed E-state index contributed by atoms with van der Waals surface area (Å²) in [6.45, 7) is 6.71. The molecule has 2 aromatic carbocycles. The Hall–Kier alpha value is -3.64. The fourth-order valence-electron chi connectivity index (χ4n) is 5.87. The number of hydrogen-bond donors (Lipinski definition) is 1. The van der Waals surface area contributed by atoms with Crippen molar-refractivity contribution in [2.75, 3.05) is 62.2 Å². The Balaban J connectivity index is 1.38. The SMILES string of the molecule is C=CC(=O)N1CCN(c2nc(N3CC(N4CCC(F)(F)CC4)C3)nc3c(F)c(-c4c(O)cccc4F)c(Cl)cc23)CC1. The number of aromatic nitrogens is 2. The predicted octanol–water partition coefficient (Wildman–Crippen LogP) is 4.69. The number of phenols is 1. The fourth-order valence-corrected chi connectivity index (χ4v) is 6.16.